The van der Waals surface area contributed by atoms with Gasteiger partial charge in [-0.15, -0.1) is 0 Å². The predicted octanol–water partition coefficient (Wildman–Crippen LogP) is 34.9. The van der Waals surface area contributed by atoms with E-state index in [9.17, 15) is 9.90 Å². The van der Waals surface area contributed by atoms with Crippen molar-refractivity contribution in [3.63, 3.8) is 0 Å². The zero-order chi connectivity index (χ0) is 86.5. The first-order chi connectivity index (χ1) is 42.6. The third-order valence-corrected chi connectivity index (χ3v) is 20.8. The number of hydrogen-bond donors (Lipinski definition) is 1. The molecule has 1 aliphatic carbocycles. The van der Waals surface area contributed by atoms with E-state index in [0.717, 1.165) is 11.8 Å². The van der Waals surface area contributed by atoms with Crippen LogP contribution >= 0.6 is 0 Å². The normalized spacial score (nSPS) is 14.9. The molecule has 0 aromatic rings. The minimum absolute atomic E-state index is 0.00174. The summed E-state index contributed by atoms with van der Waals surface area (Å²) in [7, 11) is 0. The largest absolute Gasteiger partial charge is 0.392 e. The van der Waals surface area contributed by atoms with Crippen LogP contribution in [0.2, 0.25) is 0 Å². The number of hydrogen-bond acceptors (Lipinski definition) is 2. The van der Waals surface area contributed by atoms with E-state index in [0.29, 0.717) is 81.6 Å². The lowest BCUT2D eigenvalue weighted by Gasteiger charge is -2.49. The Bertz CT molecular complexity index is 2030. The number of aliphatic hydroxyl groups excluding tert-OH is 1. The summed E-state index contributed by atoms with van der Waals surface area (Å²) in [5.74, 6) is 8.32. The van der Waals surface area contributed by atoms with Gasteiger partial charge in [-0.3, -0.25) is 4.79 Å². The summed E-state index contributed by atoms with van der Waals surface area (Å²) in [4.78, 5) is 11.5. The fourth-order valence-electron chi connectivity index (χ4n) is 14.0. The lowest BCUT2D eigenvalue weighted by Crippen LogP contribution is -2.41. The van der Waals surface area contributed by atoms with Crippen molar-refractivity contribution in [2.24, 2.45) is 131 Å². The van der Waals surface area contributed by atoms with Crippen LogP contribution in [0.15, 0.2) is 12.2 Å². The first-order valence-electron chi connectivity index (χ1n) is 41.1. The van der Waals surface area contributed by atoms with Gasteiger partial charge in [0, 0.05) is 21.7 Å². The van der Waals surface area contributed by atoms with Crippen molar-refractivity contribution in [2.75, 3.05) is 0 Å². The zero-order valence-electron chi connectivity index (χ0n) is 84.5. The van der Waals surface area contributed by atoms with Gasteiger partial charge in [-0.05, 0) is 183 Å². The van der Waals surface area contributed by atoms with Gasteiger partial charge in [-0.1, -0.05) is 432 Å². The number of aliphatic hydroxyl groups is 1. The topological polar surface area (TPSA) is 37.3 Å². The van der Waals surface area contributed by atoms with Crippen molar-refractivity contribution in [2.45, 2.75) is 488 Å². The average Bonchev–Trinajstić information content (AvgIpc) is 1.57. The molecule has 1 fully saturated rings. The van der Waals surface area contributed by atoms with E-state index in [1.54, 1.807) is 0 Å². The fourth-order valence-corrected chi connectivity index (χ4v) is 14.0. The quantitative estimate of drug-likeness (QED) is 0.221. The van der Waals surface area contributed by atoms with Crippen LogP contribution in [0.5, 0.6) is 0 Å². The standard InChI is InChI=1S/C11H22.2C11H24.C10H22.C10H18.C10H22.C10H20.C9H20O.C9H18O.C9H20/c1-9(2,3)11(7-8-11)10(4,5)6;1-9(2,3)11(7,8)10(4,5)6;1-8-9(10(2,3)4)11(5,6)7;2*1-9(2,3)7-8-10(4,5)6;2*1-8(9(2,3)4)10(5,6)7;2*1-8(2,3)7(10)9(4,5)6;1-8(2,3)7-9(4,5)6/h7-8H2,1-6H3;1-8H3;9H,8H2,1-7H3;7-8H2,1-6H3;1-6H3;8H,1-7H3;1H2,2-7H3;7,10H,1-6H3;1-6H3;7H2,1-6H3. The van der Waals surface area contributed by atoms with E-state index in [4.69, 9.17) is 0 Å². The van der Waals surface area contributed by atoms with Crippen molar-refractivity contribution in [3.8, 4) is 11.8 Å². The van der Waals surface area contributed by atoms with E-state index < -0.39 is 0 Å². The fraction of sp³-hybridized carbons (Fsp3) is 0.950. The van der Waals surface area contributed by atoms with Gasteiger partial charge in [0.05, 0.1) is 6.10 Å². The van der Waals surface area contributed by atoms with Crippen LogP contribution in [0.1, 0.15) is 482 Å². The Kier molecular flexibility index (Phi) is 48.3. The van der Waals surface area contributed by atoms with Gasteiger partial charge in [-0.2, -0.15) is 0 Å². The molecular weight excluding hydrogens is 1230 g/mol. The molecular formula is C100H210O2. The SMILES string of the molecule is C=C(C(C)(C)C)C(C)(C)C.CC(C(C)(C)C)C(C)(C)C.CC(C)(C)C#CC(C)(C)C.CC(C)(C)C(=O)C(C)(C)C.CC(C)(C)C(C)(C)C(C)(C)C.CC(C)(C)C(O)C(C)(C)C.CC(C)(C)C1(C(C)(C)C)CC1.CC(C)(C)CC(C)(C)C.CC(C)(C)CCC(C)(C)C.CCC(C(C)(C)C)C(C)(C)C. The highest BCUT2D eigenvalue weighted by Gasteiger charge is 2.58. The van der Waals surface area contributed by atoms with Gasteiger partial charge in [-0.25, -0.2) is 0 Å². The van der Waals surface area contributed by atoms with Crippen LogP contribution in [0.3, 0.4) is 0 Å². The van der Waals surface area contributed by atoms with Crippen LogP contribution in [0, 0.1) is 143 Å². The molecule has 0 saturated heterocycles. The number of Topliss-reactive ketones (excluding diaryl/α,β-unsaturated/α-hetero) is 1. The summed E-state index contributed by atoms with van der Waals surface area (Å²) in [6.45, 7) is 147. The molecule has 0 aromatic heterocycles. The summed E-state index contributed by atoms with van der Waals surface area (Å²) in [5.41, 5.74) is 8.23. The molecule has 0 aliphatic heterocycles. The number of ketones is 1. The van der Waals surface area contributed by atoms with Crippen LogP contribution in [0.4, 0.5) is 0 Å². The lowest BCUT2D eigenvalue weighted by atomic mass is 9.56. The minimum Gasteiger partial charge on any atom is -0.392 e. The Labute approximate surface area is 654 Å². The Morgan fingerprint density at radius 1 is 0.343 bits per heavy atom. The molecule has 0 aromatic carbocycles. The molecule has 0 radical (unpaired) electrons. The van der Waals surface area contributed by atoms with Gasteiger partial charge >= 0.3 is 0 Å². The maximum atomic E-state index is 11.5. The first kappa shape index (κ1) is 119. The van der Waals surface area contributed by atoms with Gasteiger partial charge in [0.25, 0.3) is 0 Å². The van der Waals surface area contributed by atoms with Gasteiger partial charge in [0.15, 0.2) is 0 Å². The second-order valence-corrected chi connectivity index (χ2v) is 54.0. The molecule has 0 heterocycles. The number of allylic oxidation sites excluding steroid dienone is 1. The second-order valence-electron chi connectivity index (χ2n) is 54.0. The molecule has 0 unspecified atom stereocenters. The maximum Gasteiger partial charge on any atom is 0.143 e. The van der Waals surface area contributed by atoms with Crippen LogP contribution in [-0.4, -0.2) is 17.0 Å². The molecule has 102 heavy (non-hydrogen) atoms. The molecule has 1 N–H and O–H groups in total. The molecule has 0 amide bonds. The number of carbonyl (C=O) groups is 1. The van der Waals surface area contributed by atoms with E-state index in [1.807, 2.05) is 41.5 Å². The zero-order valence-corrected chi connectivity index (χ0v) is 84.5. The molecule has 2 heteroatoms. The highest BCUT2D eigenvalue weighted by atomic mass is 16.3. The summed E-state index contributed by atoms with van der Waals surface area (Å²) in [6.07, 6.45) is 7.86. The molecule has 1 saturated carbocycles. The number of carbonyl (C=O) groups excluding carboxylic acids is 1. The van der Waals surface area contributed by atoms with E-state index in [2.05, 4.69) is 420 Å². The molecule has 1 rings (SSSR count). The van der Waals surface area contributed by atoms with E-state index >= 15 is 0 Å². The summed E-state index contributed by atoms with van der Waals surface area (Å²) in [5, 5.41) is 9.72. The third kappa shape index (κ3) is 63.8. The van der Waals surface area contributed by atoms with Crippen molar-refractivity contribution in [1.82, 2.24) is 0 Å². The predicted molar refractivity (Wildman–Crippen MR) is 479 cm³/mol. The minimum atomic E-state index is -0.236. The van der Waals surface area contributed by atoms with Crippen molar-refractivity contribution >= 4 is 5.78 Å². The Morgan fingerprint density at radius 3 is 0.578 bits per heavy atom. The Morgan fingerprint density at radius 2 is 0.559 bits per heavy atom. The summed E-state index contributed by atoms with van der Waals surface area (Å²) in [6, 6.07) is 0. The van der Waals surface area contributed by atoms with Gasteiger partial charge in [0.2, 0.25) is 0 Å². The van der Waals surface area contributed by atoms with Crippen LogP contribution in [0.25, 0.3) is 0 Å². The average molecular weight is 1440 g/mol. The molecule has 1 aliphatic rings. The molecule has 0 spiro atoms. The number of rotatable bonds is 2. The molecule has 622 valence electrons. The first-order valence-corrected chi connectivity index (χ1v) is 41.1. The van der Waals surface area contributed by atoms with Gasteiger partial charge in [0.1, 0.15) is 5.78 Å². The third-order valence-electron chi connectivity index (χ3n) is 20.8. The van der Waals surface area contributed by atoms with Crippen LogP contribution in [-0.2, 0) is 4.79 Å². The molecule has 2 nitrogen and oxygen atoms in total. The van der Waals surface area contributed by atoms with E-state index in [1.165, 1.54) is 44.1 Å². The van der Waals surface area contributed by atoms with Crippen LogP contribution < -0.4 is 0 Å². The lowest BCUT2D eigenvalue weighted by molar-refractivity contribution is -0.134. The molecule has 0 bridgehead atoms. The summed E-state index contributed by atoms with van der Waals surface area (Å²) >= 11 is 0. The van der Waals surface area contributed by atoms with E-state index in [-0.39, 0.29) is 49.4 Å². The van der Waals surface area contributed by atoms with Gasteiger partial charge < -0.3 is 5.11 Å². The Balaban J connectivity index is -0.000000135. The highest BCUT2D eigenvalue weighted by Crippen LogP contribution is 2.67. The second kappa shape index (κ2) is 41.3. The van der Waals surface area contributed by atoms with Crippen molar-refractivity contribution < 1.29 is 9.90 Å². The van der Waals surface area contributed by atoms with Crippen molar-refractivity contribution in [3.05, 3.63) is 12.2 Å². The maximum absolute atomic E-state index is 11.5. The highest BCUT2D eigenvalue weighted by molar-refractivity contribution is 5.88. The monoisotopic (exact) mass is 1440 g/mol. The smallest absolute Gasteiger partial charge is 0.143 e. The Hall–Kier alpha value is -1.07. The van der Waals surface area contributed by atoms with Crippen molar-refractivity contribution in [1.29, 1.82) is 0 Å². The molecule has 0 atom stereocenters. The summed E-state index contributed by atoms with van der Waals surface area (Å²) < 4.78 is 0.